The zero-order valence-electron chi connectivity index (χ0n) is 10.9. The Morgan fingerprint density at radius 1 is 1.26 bits per heavy atom. The van der Waals surface area contributed by atoms with Crippen LogP contribution in [0.25, 0.3) is 0 Å². The van der Waals surface area contributed by atoms with Gasteiger partial charge in [0.15, 0.2) is 0 Å². The molecule has 0 N–H and O–H groups in total. The second kappa shape index (κ2) is 6.61. The van der Waals surface area contributed by atoms with Gasteiger partial charge in [0.1, 0.15) is 0 Å². The van der Waals surface area contributed by atoms with Crippen LogP contribution in [-0.2, 0) is 9.53 Å². The third-order valence-corrected chi connectivity index (χ3v) is 4.16. The van der Waals surface area contributed by atoms with Crippen LogP contribution in [0.2, 0.25) is 0 Å². The number of hydrogen-bond acceptors (Lipinski definition) is 4. The third kappa shape index (κ3) is 3.50. The molecule has 0 atom stereocenters. The summed E-state index contributed by atoms with van der Waals surface area (Å²) in [5.74, 6) is 0.146. The lowest BCUT2D eigenvalue weighted by molar-refractivity contribution is -0.127. The van der Waals surface area contributed by atoms with Crippen LogP contribution in [0.3, 0.4) is 0 Å². The first-order valence-corrected chi connectivity index (χ1v) is 7.29. The van der Waals surface area contributed by atoms with Gasteiger partial charge in [-0.25, -0.2) is 4.79 Å². The van der Waals surface area contributed by atoms with Crippen molar-refractivity contribution in [3.63, 3.8) is 0 Å². The first kappa shape index (κ1) is 13.9. The predicted molar refractivity (Wildman–Crippen MR) is 74.3 cm³/mol. The highest BCUT2D eigenvalue weighted by molar-refractivity contribution is 8.00. The lowest BCUT2D eigenvalue weighted by atomic mass is 10.2. The van der Waals surface area contributed by atoms with Gasteiger partial charge in [0.2, 0.25) is 5.91 Å². The summed E-state index contributed by atoms with van der Waals surface area (Å²) < 4.78 is 4.74. The number of methoxy groups -OCH3 is 1. The highest BCUT2D eigenvalue weighted by Crippen LogP contribution is 2.24. The van der Waals surface area contributed by atoms with E-state index in [1.54, 1.807) is 12.1 Å². The first-order chi connectivity index (χ1) is 9.22. The maximum Gasteiger partial charge on any atom is 0.338 e. The van der Waals surface area contributed by atoms with Gasteiger partial charge in [0.25, 0.3) is 0 Å². The van der Waals surface area contributed by atoms with Crippen molar-refractivity contribution < 1.29 is 14.3 Å². The van der Waals surface area contributed by atoms with Crippen LogP contribution in [0.1, 0.15) is 23.2 Å². The van der Waals surface area contributed by atoms with E-state index in [4.69, 9.17) is 4.74 Å². The van der Waals surface area contributed by atoms with Crippen molar-refractivity contribution in [2.45, 2.75) is 17.7 Å². The number of hydrogen-bond donors (Lipinski definition) is 0. The molecule has 1 aliphatic heterocycles. The van der Waals surface area contributed by atoms with Gasteiger partial charge in [-0.2, -0.15) is 0 Å². The number of carbonyl (C=O) groups excluding carboxylic acids is 2. The summed E-state index contributed by atoms with van der Waals surface area (Å²) in [6.45, 7) is 1.72. The molecule has 0 bridgehead atoms. The zero-order valence-corrected chi connectivity index (χ0v) is 11.7. The summed E-state index contributed by atoms with van der Waals surface area (Å²) in [6.07, 6.45) is 2.18. The van der Waals surface area contributed by atoms with Crippen LogP contribution in [0.15, 0.2) is 29.2 Å². The highest BCUT2D eigenvalue weighted by Gasteiger charge is 2.19. The maximum absolute atomic E-state index is 12.0. The molecule has 4 nitrogen and oxygen atoms in total. The van der Waals surface area contributed by atoms with Gasteiger partial charge in [-0.1, -0.05) is 12.1 Å². The molecule has 0 saturated carbocycles. The molecule has 0 spiro atoms. The number of benzene rings is 1. The van der Waals surface area contributed by atoms with Gasteiger partial charge in [-0.3, -0.25) is 4.79 Å². The highest BCUT2D eigenvalue weighted by atomic mass is 32.2. The van der Waals surface area contributed by atoms with Crippen molar-refractivity contribution in [1.82, 2.24) is 4.90 Å². The Hall–Kier alpha value is -1.49. The molecule has 0 aliphatic carbocycles. The van der Waals surface area contributed by atoms with Crippen molar-refractivity contribution in [1.29, 1.82) is 0 Å². The Labute approximate surface area is 117 Å². The molecule has 1 fully saturated rings. The molecule has 1 aromatic rings. The molecule has 1 aromatic carbocycles. The summed E-state index contributed by atoms with van der Waals surface area (Å²) in [6, 6.07) is 7.20. The number of nitrogens with zero attached hydrogens (tertiary/aromatic N) is 1. The number of thioether (sulfide) groups is 1. The Bertz CT molecular complexity index is 470. The molecule has 1 saturated heterocycles. The largest absolute Gasteiger partial charge is 0.465 e. The van der Waals surface area contributed by atoms with Gasteiger partial charge >= 0.3 is 5.97 Å². The van der Waals surface area contributed by atoms with Crippen molar-refractivity contribution in [3.8, 4) is 0 Å². The Kier molecular flexibility index (Phi) is 4.85. The zero-order chi connectivity index (χ0) is 13.7. The molecule has 1 heterocycles. The van der Waals surface area contributed by atoms with E-state index in [0.717, 1.165) is 30.8 Å². The maximum atomic E-state index is 12.0. The Morgan fingerprint density at radius 3 is 2.63 bits per heavy atom. The van der Waals surface area contributed by atoms with E-state index in [0.29, 0.717) is 11.3 Å². The summed E-state index contributed by atoms with van der Waals surface area (Å²) in [4.78, 5) is 26.2. The molecule has 1 aliphatic rings. The minimum Gasteiger partial charge on any atom is -0.465 e. The fraction of sp³-hybridized carbons (Fsp3) is 0.429. The van der Waals surface area contributed by atoms with E-state index in [2.05, 4.69) is 0 Å². The quantitative estimate of drug-likeness (QED) is 0.626. The van der Waals surface area contributed by atoms with Gasteiger partial charge in [0.05, 0.1) is 18.4 Å². The van der Waals surface area contributed by atoms with Crippen LogP contribution in [0, 0.1) is 0 Å². The molecule has 0 aromatic heterocycles. The fourth-order valence-corrected chi connectivity index (χ4v) is 3.01. The van der Waals surface area contributed by atoms with E-state index in [-0.39, 0.29) is 11.9 Å². The first-order valence-electron chi connectivity index (χ1n) is 6.30. The molecular weight excluding hydrogens is 262 g/mol. The topological polar surface area (TPSA) is 46.6 Å². The molecule has 0 radical (unpaired) electrons. The van der Waals surface area contributed by atoms with Crippen molar-refractivity contribution in [3.05, 3.63) is 29.8 Å². The average molecular weight is 279 g/mol. The number of likely N-dealkylation sites (tertiary alicyclic amines) is 1. The average Bonchev–Trinajstić information content (AvgIpc) is 2.98. The number of amides is 1. The minimum absolute atomic E-state index is 0.141. The second-order valence-corrected chi connectivity index (χ2v) is 5.38. The molecular formula is C14H17NO3S. The number of carbonyl (C=O) groups is 2. The smallest absolute Gasteiger partial charge is 0.338 e. The van der Waals surface area contributed by atoms with Gasteiger partial charge in [-0.15, -0.1) is 11.8 Å². The van der Waals surface area contributed by atoms with Crippen LogP contribution < -0.4 is 0 Å². The van der Waals surface area contributed by atoms with Crippen molar-refractivity contribution >= 4 is 23.6 Å². The normalized spacial score (nSPS) is 14.5. The summed E-state index contributed by atoms with van der Waals surface area (Å²) in [5, 5.41) is 0. The van der Waals surface area contributed by atoms with Crippen LogP contribution in [0.4, 0.5) is 0 Å². The van der Waals surface area contributed by atoms with E-state index in [1.165, 1.54) is 18.9 Å². The number of rotatable bonds is 4. The number of ether oxygens (including phenoxy) is 1. The second-order valence-electron chi connectivity index (χ2n) is 4.36. The van der Waals surface area contributed by atoms with Crippen LogP contribution in [-0.4, -0.2) is 42.7 Å². The van der Waals surface area contributed by atoms with E-state index in [9.17, 15) is 9.59 Å². The summed E-state index contributed by atoms with van der Waals surface area (Å²) in [7, 11) is 1.36. The SMILES string of the molecule is COC(=O)c1ccccc1SCC(=O)N1CCCC1. The lowest BCUT2D eigenvalue weighted by Crippen LogP contribution is -2.29. The molecule has 102 valence electrons. The third-order valence-electron chi connectivity index (χ3n) is 3.10. The van der Waals surface area contributed by atoms with Gasteiger partial charge in [0, 0.05) is 18.0 Å². The fourth-order valence-electron chi connectivity index (χ4n) is 2.07. The lowest BCUT2D eigenvalue weighted by Gasteiger charge is -2.15. The minimum atomic E-state index is -0.364. The molecule has 2 rings (SSSR count). The Morgan fingerprint density at radius 2 is 1.95 bits per heavy atom. The van der Waals surface area contributed by atoms with Crippen LogP contribution >= 0.6 is 11.8 Å². The number of esters is 1. The Balaban J connectivity index is 1.99. The van der Waals surface area contributed by atoms with Gasteiger partial charge in [-0.05, 0) is 25.0 Å². The summed E-state index contributed by atoms with van der Waals surface area (Å²) in [5.41, 5.74) is 0.518. The molecule has 0 unspecified atom stereocenters. The van der Waals surface area contributed by atoms with E-state index < -0.39 is 0 Å². The van der Waals surface area contributed by atoms with E-state index >= 15 is 0 Å². The molecule has 1 amide bonds. The molecule has 19 heavy (non-hydrogen) atoms. The van der Waals surface area contributed by atoms with E-state index in [1.807, 2.05) is 17.0 Å². The predicted octanol–water partition coefficient (Wildman–Crippen LogP) is 2.19. The van der Waals surface area contributed by atoms with Gasteiger partial charge < -0.3 is 9.64 Å². The van der Waals surface area contributed by atoms with Crippen molar-refractivity contribution in [2.75, 3.05) is 26.0 Å². The van der Waals surface area contributed by atoms with Crippen LogP contribution in [0.5, 0.6) is 0 Å². The standard InChI is InChI=1S/C14H17NO3S/c1-18-14(17)11-6-2-3-7-12(11)19-10-13(16)15-8-4-5-9-15/h2-3,6-7H,4-5,8-10H2,1H3. The summed E-state index contributed by atoms with van der Waals surface area (Å²) >= 11 is 1.39. The molecule has 5 heteroatoms. The van der Waals surface area contributed by atoms with Crippen molar-refractivity contribution in [2.24, 2.45) is 0 Å². The monoisotopic (exact) mass is 279 g/mol.